The monoisotopic (exact) mass is 462 g/mol. The van der Waals surface area contributed by atoms with Crippen molar-refractivity contribution in [1.82, 2.24) is 0 Å². The van der Waals surface area contributed by atoms with Crippen molar-refractivity contribution in [2.24, 2.45) is 34.5 Å². The van der Waals surface area contributed by atoms with Crippen LogP contribution < -0.4 is 0 Å². The van der Waals surface area contributed by atoms with E-state index in [0.29, 0.717) is 28.1 Å². The minimum atomic E-state index is -0.187. The molecule has 4 aliphatic rings. The van der Waals surface area contributed by atoms with E-state index in [1.54, 1.807) is 0 Å². The van der Waals surface area contributed by atoms with Crippen molar-refractivity contribution in [2.45, 2.75) is 71.6 Å². The average molecular weight is 463 g/mol. The summed E-state index contributed by atoms with van der Waals surface area (Å²) < 4.78 is 6.13. The molecular formula is C30H35ClO2. The number of carbonyl (C=O) groups is 1. The molecule has 0 amide bonds. The van der Waals surface area contributed by atoms with Gasteiger partial charge in [-0.2, -0.15) is 0 Å². The summed E-state index contributed by atoms with van der Waals surface area (Å²) in [7, 11) is 0. The maximum atomic E-state index is 13.7. The van der Waals surface area contributed by atoms with Crippen LogP contribution in [0.3, 0.4) is 0 Å². The van der Waals surface area contributed by atoms with Crippen LogP contribution in [0.1, 0.15) is 77.4 Å². The Kier molecular flexibility index (Phi) is 5.18. The zero-order chi connectivity index (χ0) is 22.8. The van der Waals surface area contributed by atoms with Gasteiger partial charge in [-0.05, 0) is 110 Å². The van der Waals surface area contributed by atoms with Gasteiger partial charge in [0.25, 0.3) is 0 Å². The molecule has 0 N–H and O–H groups in total. The quantitative estimate of drug-likeness (QED) is 0.418. The standard InChI is InChI=1S/C30H35ClO2/c1-29-14-4-3-7-21(29)9-11-24-25(29)13-15-30(2)26(24)18-20(28(30)32)17-23-10-12-27(33-23)19-6-5-8-22(31)16-19/h5-6,8,10,12,16-17,21,24-26H,3-4,7,9,11,13-15,18H2,1-2H3. The minimum absolute atomic E-state index is 0.187. The number of halogens is 1. The van der Waals surface area contributed by atoms with E-state index in [1.807, 2.05) is 42.5 Å². The van der Waals surface area contributed by atoms with Crippen LogP contribution in [0.15, 0.2) is 46.4 Å². The van der Waals surface area contributed by atoms with Crippen LogP contribution >= 0.6 is 11.6 Å². The summed E-state index contributed by atoms with van der Waals surface area (Å²) in [5, 5.41) is 0.697. The van der Waals surface area contributed by atoms with Crippen molar-refractivity contribution in [3.8, 4) is 11.3 Å². The van der Waals surface area contributed by atoms with Crippen molar-refractivity contribution in [1.29, 1.82) is 0 Å². The zero-order valence-corrected chi connectivity index (χ0v) is 20.7. The highest BCUT2D eigenvalue weighted by Gasteiger charge is 2.60. The molecule has 174 valence electrons. The molecule has 0 saturated heterocycles. The number of Topliss-reactive ketones (excluding diaryl/α,β-unsaturated/α-hetero) is 1. The first-order valence-electron chi connectivity index (χ1n) is 13.0. The van der Waals surface area contributed by atoms with Crippen LogP contribution in [0, 0.1) is 34.5 Å². The fourth-order valence-electron chi connectivity index (χ4n) is 8.49. The molecule has 2 aromatic rings. The van der Waals surface area contributed by atoms with Crippen LogP contribution in [-0.2, 0) is 4.79 Å². The molecule has 33 heavy (non-hydrogen) atoms. The third-order valence-electron chi connectivity index (χ3n) is 10.3. The topological polar surface area (TPSA) is 30.2 Å². The normalized spacial score (nSPS) is 39.2. The molecule has 3 heteroatoms. The van der Waals surface area contributed by atoms with Crippen molar-refractivity contribution < 1.29 is 9.21 Å². The number of hydrogen-bond acceptors (Lipinski definition) is 2. The molecule has 2 nitrogen and oxygen atoms in total. The molecular weight excluding hydrogens is 428 g/mol. The lowest BCUT2D eigenvalue weighted by Gasteiger charge is -2.59. The van der Waals surface area contributed by atoms with E-state index in [0.717, 1.165) is 47.3 Å². The maximum absolute atomic E-state index is 13.7. The molecule has 0 radical (unpaired) electrons. The molecule has 4 aliphatic carbocycles. The Labute approximate surface area is 202 Å². The van der Waals surface area contributed by atoms with Gasteiger partial charge >= 0.3 is 0 Å². The molecule has 4 saturated carbocycles. The van der Waals surface area contributed by atoms with Crippen molar-refractivity contribution in [3.63, 3.8) is 0 Å². The van der Waals surface area contributed by atoms with Crippen molar-refractivity contribution in [3.05, 3.63) is 52.8 Å². The molecule has 0 bridgehead atoms. The summed E-state index contributed by atoms with van der Waals surface area (Å²) in [4.78, 5) is 13.7. The number of ketones is 1. The van der Waals surface area contributed by atoms with Gasteiger partial charge in [0.15, 0.2) is 5.78 Å². The van der Waals surface area contributed by atoms with E-state index in [1.165, 1.54) is 44.9 Å². The summed E-state index contributed by atoms with van der Waals surface area (Å²) in [6.07, 6.45) is 13.6. The number of furan rings is 1. The van der Waals surface area contributed by atoms with E-state index in [9.17, 15) is 4.79 Å². The van der Waals surface area contributed by atoms with Gasteiger partial charge in [-0.3, -0.25) is 4.79 Å². The van der Waals surface area contributed by atoms with Crippen LogP contribution in [0.5, 0.6) is 0 Å². The van der Waals surface area contributed by atoms with Gasteiger partial charge in [0.05, 0.1) is 0 Å². The number of fused-ring (bicyclic) bond motifs is 5. The van der Waals surface area contributed by atoms with E-state index in [4.69, 9.17) is 16.0 Å². The number of allylic oxidation sites excluding steroid dienone is 1. The molecule has 4 fully saturated rings. The summed E-state index contributed by atoms with van der Waals surface area (Å²) in [6, 6.07) is 11.7. The lowest BCUT2D eigenvalue weighted by atomic mass is 9.45. The Balaban J connectivity index is 1.28. The van der Waals surface area contributed by atoms with E-state index >= 15 is 0 Å². The Morgan fingerprint density at radius 1 is 1.00 bits per heavy atom. The lowest BCUT2D eigenvalue weighted by molar-refractivity contribution is -0.137. The summed E-state index contributed by atoms with van der Waals surface area (Å²) in [5.41, 5.74) is 2.26. The largest absolute Gasteiger partial charge is 0.457 e. The van der Waals surface area contributed by atoms with Gasteiger partial charge in [-0.15, -0.1) is 0 Å². The van der Waals surface area contributed by atoms with E-state index < -0.39 is 0 Å². The molecule has 6 unspecified atom stereocenters. The van der Waals surface area contributed by atoms with Crippen LogP contribution in [0.4, 0.5) is 0 Å². The second-order valence-corrected chi connectivity index (χ2v) is 12.2. The second-order valence-electron chi connectivity index (χ2n) is 11.8. The molecule has 6 rings (SSSR count). The molecule has 1 aromatic heterocycles. The Bertz CT molecular complexity index is 1110. The number of carbonyl (C=O) groups excluding carboxylic acids is 1. The molecule has 0 aliphatic heterocycles. The van der Waals surface area contributed by atoms with E-state index in [-0.39, 0.29) is 5.41 Å². The first-order chi connectivity index (χ1) is 15.9. The van der Waals surface area contributed by atoms with Gasteiger partial charge in [-0.25, -0.2) is 0 Å². The minimum Gasteiger partial charge on any atom is -0.457 e. The van der Waals surface area contributed by atoms with Gasteiger partial charge in [0.1, 0.15) is 11.5 Å². The predicted molar refractivity (Wildman–Crippen MR) is 134 cm³/mol. The van der Waals surface area contributed by atoms with Crippen molar-refractivity contribution in [2.75, 3.05) is 0 Å². The van der Waals surface area contributed by atoms with Crippen LogP contribution in [0.2, 0.25) is 5.02 Å². The van der Waals surface area contributed by atoms with Crippen molar-refractivity contribution >= 4 is 23.5 Å². The highest BCUT2D eigenvalue weighted by Crippen LogP contribution is 2.66. The number of rotatable bonds is 2. The average Bonchev–Trinajstić information content (AvgIpc) is 3.37. The van der Waals surface area contributed by atoms with Gasteiger partial charge in [0, 0.05) is 16.0 Å². The highest BCUT2D eigenvalue weighted by atomic mass is 35.5. The third-order valence-corrected chi connectivity index (χ3v) is 10.5. The first kappa shape index (κ1) is 21.7. The maximum Gasteiger partial charge on any atom is 0.165 e. The highest BCUT2D eigenvalue weighted by molar-refractivity contribution is 6.30. The number of hydrogen-bond donors (Lipinski definition) is 0. The molecule has 6 atom stereocenters. The molecule has 1 heterocycles. The zero-order valence-electron chi connectivity index (χ0n) is 19.9. The van der Waals surface area contributed by atoms with Crippen LogP contribution in [-0.4, -0.2) is 5.78 Å². The Morgan fingerprint density at radius 3 is 2.73 bits per heavy atom. The fourth-order valence-corrected chi connectivity index (χ4v) is 8.68. The predicted octanol–water partition coefficient (Wildman–Crippen LogP) is 8.60. The van der Waals surface area contributed by atoms with Gasteiger partial charge in [-0.1, -0.05) is 50.4 Å². The second kappa shape index (κ2) is 7.87. The van der Waals surface area contributed by atoms with E-state index in [2.05, 4.69) is 13.8 Å². The third kappa shape index (κ3) is 3.39. The molecule has 1 aromatic carbocycles. The first-order valence-corrected chi connectivity index (χ1v) is 13.4. The smallest absolute Gasteiger partial charge is 0.165 e. The summed E-state index contributed by atoms with van der Waals surface area (Å²) in [6.45, 7) is 4.87. The van der Waals surface area contributed by atoms with Crippen LogP contribution in [0.25, 0.3) is 17.4 Å². The molecule has 0 spiro atoms. The lowest BCUT2D eigenvalue weighted by Crippen LogP contribution is -2.52. The number of benzene rings is 1. The van der Waals surface area contributed by atoms with Gasteiger partial charge in [0.2, 0.25) is 0 Å². The Hall–Kier alpha value is -1.80. The SMILES string of the molecule is CC12CCC3C(CCC4CCCCC43C)C1CC(=Cc1ccc(-c3cccc(Cl)c3)o1)C2=O. The summed E-state index contributed by atoms with van der Waals surface area (Å²) in [5.74, 6) is 4.87. The summed E-state index contributed by atoms with van der Waals surface area (Å²) >= 11 is 6.15. The fraction of sp³-hybridized carbons (Fsp3) is 0.567. The van der Waals surface area contributed by atoms with Gasteiger partial charge < -0.3 is 4.42 Å². The Morgan fingerprint density at radius 2 is 1.88 bits per heavy atom.